The molecule has 3 heteroatoms. The smallest absolute Gasteiger partial charge is 0.129 e. The minimum atomic E-state index is 0.874. The molecule has 1 fully saturated rings. The predicted molar refractivity (Wildman–Crippen MR) is 67.9 cm³/mol. The van der Waals surface area contributed by atoms with E-state index in [1.165, 1.54) is 36.2 Å². The average molecular weight is 231 g/mol. The van der Waals surface area contributed by atoms with Gasteiger partial charge in [0.2, 0.25) is 0 Å². The van der Waals surface area contributed by atoms with Gasteiger partial charge in [0.25, 0.3) is 0 Å². The maximum Gasteiger partial charge on any atom is 0.129 e. The van der Waals surface area contributed by atoms with Crippen molar-refractivity contribution in [3.63, 3.8) is 0 Å². The van der Waals surface area contributed by atoms with Crippen LogP contribution in [0.2, 0.25) is 0 Å². The van der Waals surface area contributed by atoms with Crippen molar-refractivity contribution < 1.29 is 0 Å². The molecule has 0 spiro atoms. The summed E-state index contributed by atoms with van der Waals surface area (Å²) in [6.07, 6.45) is 7.25. The highest BCUT2D eigenvalue weighted by Gasteiger charge is 2.24. The van der Waals surface area contributed by atoms with Crippen molar-refractivity contribution in [2.24, 2.45) is 5.92 Å². The summed E-state index contributed by atoms with van der Waals surface area (Å²) in [4.78, 5) is 9.58. The first-order chi connectivity index (χ1) is 8.36. The van der Waals surface area contributed by atoms with Crippen LogP contribution in [-0.2, 0) is 25.8 Å². The summed E-state index contributed by atoms with van der Waals surface area (Å²) in [6.45, 7) is 4.25. The Bertz CT molecular complexity index is 410. The molecule has 2 heterocycles. The standard InChI is InChI=1S/C14H21N3/c1-2-3-12-11-6-7-15-9-13(11)17-14(16-12)8-10-4-5-10/h10,15H,2-9H2,1H3. The summed E-state index contributed by atoms with van der Waals surface area (Å²) in [5, 5.41) is 3.42. The lowest BCUT2D eigenvalue weighted by molar-refractivity contribution is 0.601. The van der Waals surface area contributed by atoms with Crippen LogP contribution in [0.15, 0.2) is 0 Å². The van der Waals surface area contributed by atoms with Crippen LogP contribution in [0.3, 0.4) is 0 Å². The fourth-order valence-corrected chi connectivity index (χ4v) is 2.61. The number of aryl methyl sites for hydroxylation is 1. The highest BCUT2D eigenvalue weighted by molar-refractivity contribution is 5.28. The average Bonchev–Trinajstić information content (AvgIpc) is 3.13. The summed E-state index contributed by atoms with van der Waals surface area (Å²) in [6, 6.07) is 0. The van der Waals surface area contributed by atoms with E-state index >= 15 is 0 Å². The van der Waals surface area contributed by atoms with Crippen molar-refractivity contribution in [1.82, 2.24) is 15.3 Å². The van der Waals surface area contributed by atoms with Gasteiger partial charge in [-0.2, -0.15) is 0 Å². The number of fused-ring (bicyclic) bond motifs is 1. The van der Waals surface area contributed by atoms with E-state index in [2.05, 4.69) is 12.2 Å². The van der Waals surface area contributed by atoms with Crippen molar-refractivity contribution in [3.05, 3.63) is 22.8 Å². The Kier molecular flexibility index (Phi) is 3.10. The van der Waals surface area contributed by atoms with Crippen LogP contribution in [0.1, 0.15) is 49.0 Å². The Balaban J connectivity index is 1.91. The molecule has 0 unspecified atom stereocenters. The molecule has 1 N–H and O–H groups in total. The van der Waals surface area contributed by atoms with Gasteiger partial charge in [0.05, 0.1) is 5.69 Å². The van der Waals surface area contributed by atoms with Crippen LogP contribution in [0, 0.1) is 5.92 Å². The minimum absolute atomic E-state index is 0.874. The highest BCUT2D eigenvalue weighted by Crippen LogP contribution is 2.32. The van der Waals surface area contributed by atoms with Crippen molar-refractivity contribution in [2.75, 3.05) is 6.54 Å². The monoisotopic (exact) mass is 231 g/mol. The van der Waals surface area contributed by atoms with Crippen LogP contribution in [0.5, 0.6) is 0 Å². The molecule has 1 aromatic rings. The number of nitrogens with zero attached hydrogens (tertiary/aromatic N) is 2. The van der Waals surface area contributed by atoms with Crippen LogP contribution in [-0.4, -0.2) is 16.5 Å². The molecule has 0 atom stereocenters. The Morgan fingerprint density at radius 2 is 2.18 bits per heavy atom. The fraction of sp³-hybridized carbons (Fsp3) is 0.714. The first-order valence-corrected chi connectivity index (χ1v) is 6.95. The van der Waals surface area contributed by atoms with Gasteiger partial charge in [0.15, 0.2) is 0 Å². The second-order valence-electron chi connectivity index (χ2n) is 5.34. The van der Waals surface area contributed by atoms with Gasteiger partial charge >= 0.3 is 0 Å². The Hall–Kier alpha value is -0.960. The SMILES string of the molecule is CCCc1nc(CC2CC2)nc2c1CCNC2. The van der Waals surface area contributed by atoms with Gasteiger partial charge in [0.1, 0.15) is 5.82 Å². The van der Waals surface area contributed by atoms with Crippen molar-refractivity contribution in [3.8, 4) is 0 Å². The molecule has 0 bridgehead atoms. The molecule has 0 amide bonds. The molecular formula is C14H21N3. The third-order valence-corrected chi connectivity index (χ3v) is 3.72. The van der Waals surface area contributed by atoms with E-state index in [4.69, 9.17) is 9.97 Å². The second kappa shape index (κ2) is 4.73. The van der Waals surface area contributed by atoms with E-state index in [-0.39, 0.29) is 0 Å². The molecule has 2 aliphatic rings. The van der Waals surface area contributed by atoms with Crippen LogP contribution >= 0.6 is 0 Å². The summed E-state index contributed by atoms with van der Waals surface area (Å²) in [5.74, 6) is 1.97. The molecule has 0 aromatic carbocycles. The summed E-state index contributed by atoms with van der Waals surface area (Å²) in [7, 11) is 0. The fourth-order valence-electron chi connectivity index (χ4n) is 2.61. The third-order valence-electron chi connectivity index (χ3n) is 3.72. The van der Waals surface area contributed by atoms with Crippen molar-refractivity contribution in [2.45, 2.75) is 52.0 Å². The normalized spacial score (nSPS) is 19.1. The lowest BCUT2D eigenvalue weighted by atomic mass is 10.0. The molecule has 1 aliphatic heterocycles. The number of aromatic nitrogens is 2. The zero-order valence-electron chi connectivity index (χ0n) is 10.6. The van der Waals surface area contributed by atoms with Gasteiger partial charge in [-0.1, -0.05) is 13.3 Å². The Labute approximate surface area is 103 Å². The maximum atomic E-state index is 4.82. The van der Waals surface area contributed by atoms with Gasteiger partial charge in [-0.3, -0.25) is 0 Å². The molecule has 0 saturated heterocycles. The first kappa shape index (κ1) is 11.1. The van der Waals surface area contributed by atoms with Crippen molar-refractivity contribution in [1.29, 1.82) is 0 Å². The third kappa shape index (κ3) is 2.49. The molecule has 1 aromatic heterocycles. The zero-order valence-corrected chi connectivity index (χ0v) is 10.6. The van der Waals surface area contributed by atoms with Gasteiger partial charge in [0, 0.05) is 18.7 Å². The largest absolute Gasteiger partial charge is 0.311 e. The Morgan fingerprint density at radius 1 is 1.29 bits per heavy atom. The molecule has 92 valence electrons. The first-order valence-electron chi connectivity index (χ1n) is 6.95. The number of hydrogen-bond acceptors (Lipinski definition) is 3. The molecular weight excluding hydrogens is 210 g/mol. The number of rotatable bonds is 4. The van der Waals surface area contributed by atoms with E-state index < -0.39 is 0 Å². The highest BCUT2D eigenvalue weighted by atomic mass is 15.0. The molecule has 1 aliphatic carbocycles. The van der Waals surface area contributed by atoms with E-state index in [9.17, 15) is 0 Å². The van der Waals surface area contributed by atoms with Gasteiger partial charge in [-0.15, -0.1) is 0 Å². The van der Waals surface area contributed by atoms with Gasteiger partial charge in [-0.25, -0.2) is 9.97 Å². The predicted octanol–water partition coefficient (Wildman–Crippen LogP) is 2.03. The summed E-state index contributed by atoms with van der Waals surface area (Å²) < 4.78 is 0. The van der Waals surface area contributed by atoms with Crippen LogP contribution in [0.4, 0.5) is 0 Å². The topological polar surface area (TPSA) is 37.8 Å². The number of nitrogens with one attached hydrogen (secondary N) is 1. The van der Waals surface area contributed by atoms with E-state index in [0.717, 1.165) is 44.1 Å². The molecule has 0 radical (unpaired) electrons. The molecule has 3 nitrogen and oxygen atoms in total. The van der Waals surface area contributed by atoms with Crippen LogP contribution < -0.4 is 5.32 Å². The quantitative estimate of drug-likeness (QED) is 0.861. The molecule has 17 heavy (non-hydrogen) atoms. The lowest BCUT2D eigenvalue weighted by Crippen LogP contribution is -2.27. The molecule has 3 rings (SSSR count). The summed E-state index contributed by atoms with van der Waals surface area (Å²) in [5.41, 5.74) is 4.03. The van der Waals surface area contributed by atoms with E-state index in [1.807, 2.05) is 0 Å². The minimum Gasteiger partial charge on any atom is -0.311 e. The van der Waals surface area contributed by atoms with Crippen molar-refractivity contribution >= 4 is 0 Å². The van der Waals surface area contributed by atoms with E-state index in [0.29, 0.717) is 0 Å². The van der Waals surface area contributed by atoms with Crippen LogP contribution in [0.25, 0.3) is 0 Å². The molecule has 1 saturated carbocycles. The van der Waals surface area contributed by atoms with Gasteiger partial charge < -0.3 is 5.32 Å². The summed E-state index contributed by atoms with van der Waals surface area (Å²) >= 11 is 0. The maximum absolute atomic E-state index is 4.82. The zero-order chi connectivity index (χ0) is 11.7. The number of hydrogen-bond donors (Lipinski definition) is 1. The second-order valence-corrected chi connectivity index (χ2v) is 5.34. The Morgan fingerprint density at radius 3 is 2.94 bits per heavy atom. The lowest BCUT2D eigenvalue weighted by Gasteiger charge is -2.20. The van der Waals surface area contributed by atoms with E-state index in [1.54, 1.807) is 0 Å². The van der Waals surface area contributed by atoms with Gasteiger partial charge in [-0.05, 0) is 43.7 Å².